The average Bonchev–Trinajstić information content (AvgIpc) is 3.62. The first-order chi connectivity index (χ1) is 21.7. The van der Waals surface area contributed by atoms with E-state index in [0.29, 0.717) is 17.1 Å². The quantitative estimate of drug-likeness (QED) is 0.120. The van der Waals surface area contributed by atoms with Gasteiger partial charge in [-0.05, 0) is 67.2 Å². The molecule has 1 unspecified atom stereocenters. The highest BCUT2D eigenvalue weighted by Crippen LogP contribution is 2.40. The standard InChI is InChI=1S/C28H20ClF6N7O2S2/c1-15(38-39-25(45)37-26-42(23(43)13-46-26)22-12-18(29)6-11-21(22)27(30,31)32)16-2-4-17(5-3-16)24-36-14-41(40-24)19-7-9-20(10-8-19)44-28(33,34)35/h2-12,14-15,38H,13H2,1H3,(H,39,45)/b37-26-. The second-order valence-electron chi connectivity index (χ2n) is 9.54. The predicted molar refractivity (Wildman–Crippen MR) is 165 cm³/mol. The molecular formula is C28H20ClF6N7O2S2. The number of thioether (sulfide) groups is 1. The predicted octanol–water partition coefficient (Wildman–Crippen LogP) is 7.08. The number of carbonyl (C=O) groups is 1. The molecule has 0 spiro atoms. The number of rotatable bonds is 7. The monoisotopic (exact) mass is 699 g/mol. The van der Waals surface area contributed by atoms with Gasteiger partial charge in [-0.15, -0.1) is 18.3 Å². The van der Waals surface area contributed by atoms with E-state index in [9.17, 15) is 31.1 Å². The minimum atomic E-state index is -4.79. The number of amidine groups is 1. The van der Waals surface area contributed by atoms with E-state index in [0.717, 1.165) is 40.4 Å². The molecule has 0 radical (unpaired) electrons. The highest BCUT2D eigenvalue weighted by atomic mass is 35.5. The lowest BCUT2D eigenvalue weighted by molar-refractivity contribution is -0.274. The van der Waals surface area contributed by atoms with Gasteiger partial charge in [-0.1, -0.05) is 47.6 Å². The number of hydrogen-bond donors (Lipinski definition) is 2. The summed E-state index contributed by atoms with van der Waals surface area (Å²) in [7, 11) is 0. The Balaban J connectivity index is 1.21. The van der Waals surface area contributed by atoms with Gasteiger partial charge in [0.05, 0.1) is 22.7 Å². The van der Waals surface area contributed by atoms with Gasteiger partial charge in [-0.25, -0.2) is 15.1 Å². The van der Waals surface area contributed by atoms with E-state index in [2.05, 4.69) is 30.7 Å². The lowest BCUT2D eigenvalue weighted by Crippen LogP contribution is -2.39. The van der Waals surface area contributed by atoms with E-state index < -0.39 is 29.7 Å². The number of carbonyl (C=O) groups excluding carboxylic acids is 1. The summed E-state index contributed by atoms with van der Waals surface area (Å²) in [4.78, 5) is 21.8. The van der Waals surface area contributed by atoms with Crippen molar-refractivity contribution in [3.63, 3.8) is 0 Å². The molecule has 46 heavy (non-hydrogen) atoms. The van der Waals surface area contributed by atoms with Crippen LogP contribution in [0.15, 0.2) is 78.0 Å². The number of ether oxygens (including phenoxy) is 1. The summed E-state index contributed by atoms with van der Waals surface area (Å²) in [6.45, 7) is 1.82. The zero-order chi connectivity index (χ0) is 33.2. The third kappa shape index (κ3) is 7.96. The first-order valence-corrected chi connectivity index (χ1v) is 14.8. The SMILES string of the molecule is CC(NNC(=S)/N=C1\SCC(=O)N1c1cc(Cl)ccc1C(F)(F)F)c1ccc(-c2ncn(-c3ccc(OC(F)(F)F)cc3)n2)cc1. The fourth-order valence-electron chi connectivity index (χ4n) is 4.22. The van der Waals surface area contributed by atoms with Gasteiger partial charge in [0, 0.05) is 16.6 Å². The highest BCUT2D eigenvalue weighted by molar-refractivity contribution is 8.15. The largest absolute Gasteiger partial charge is 0.573 e. The summed E-state index contributed by atoms with van der Waals surface area (Å²) in [5.41, 5.74) is 6.17. The highest BCUT2D eigenvalue weighted by Gasteiger charge is 2.40. The Bertz CT molecular complexity index is 1780. The Kier molecular flexibility index (Phi) is 9.57. The van der Waals surface area contributed by atoms with Crippen LogP contribution >= 0.6 is 35.6 Å². The van der Waals surface area contributed by atoms with Crippen molar-refractivity contribution >= 4 is 57.5 Å². The number of amides is 1. The number of aromatic nitrogens is 3. The van der Waals surface area contributed by atoms with E-state index in [1.807, 2.05) is 6.92 Å². The van der Waals surface area contributed by atoms with Crippen molar-refractivity contribution < 1.29 is 35.9 Å². The summed E-state index contributed by atoms with van der Waals surface area (Å²) >= 11 is 12.1. The molecule has 1 atom stereocenters. The molecule has 1 aliphatic rings. The molecule has 18 heteroatoms. The number of thiocarbonyl (C=S) groups is 1. The van der Waals surface area contributed by atoms with Crippen molar-refractivity contribution in [2.75, 3.05) is 10.7 Å². The normalized spacial score (nSPS) is 15.3. The van der Waals surface area contributed by atoms with Gasteiger partial charge in [0.2, 0.25) is 11.0 Å². The average molecular weight is 700 g/mol. The Morgan fingerprint density at radius 3 is 2.41 bits per heavy atom. The maximum Gasteiger partial charge on any atom is 0.573 e. The number of anilines is 1. The molecule has 1 fully saturated rings. The number of hydrazine groups is 1. The molecule has 0 aliphatic carbocycles. The van der Waals surface area contributed by atoms with E-state index in [4.69, 9.17) is 23.8 Å². The van der Waals surface area contributed by atoms with Crippen LogP contribution in [-0.2, 0) is 11.0 Å². The van der Waals surface area contributed by atoms with E-state index in [-0.39, 0.29) is 32.8 Å². The van der Waals surface area contributed by atoms with Crippen LogP contribution in [-0.4, -0.2) is 43.1 Å². The topological polar surface area (TPSA) is 96.7 Å². The molecule has 240 valence electrons. The van der Waals surface area contributed by atoms with E-state index in [1.165, 1.54) is 35.3 Å². The number of nitrogens with zero attached hydrogens (tertiary/aromatic N) is 5. The Hall–Kier alpha value is -4.19. The molecular weight excluding hydrogens is 680 g/mol. The molecule has 3 aromatic carbocycles. The Labute approximate surface area is 271 Å². The third-order valence-corrected chi connectivity index (χ3v) is 7.71. The summed E-state index contributed by atoms with van der Waals surface area (Å²) in [6, 6.07) is 14.9. The van der Waals surface area contributed by atoms with Crippen LogP contribution < -0.4 is 20.5 Å². The molecule has 1 aliphatic heterocycles. The van der Waals surface area contributed by atoms with Crippen LogP contribution in [0.4, 0.5) is 32.0 Å². The maximum atomic E-state index is 13.7. The molecule has 0 bridgehead atoms. The van der Waals surface area contributed by atoms with Crippen molar-refractivity contribution in [1.82, 2.24) is 25.6 Å². The van der Waals surface area contributed by atoms with Gasteiger partial charge >= 0.3 is 12.5 Å². The molecule has 0 saturated carbocycles. The number of hydrogen-bond acceptors (Lipinski definition) is 7. The van der Waals surface area contributed by atoms with Crippen LogP contribution in [0.25, 0.3) is 17.1 Å². The van der Waals surface area contributed by atoms with Gasteiger partial charge in [0.25, 0.3) is 0 Å². The van der Waals surface area contributed by atoms with Crippen LogP contribution in [0.3, 0.4) is 0 Å². The summed E-state index contributed by atoms with van der Waals surface area (Å²) in [5.74, 6) is -0.713. The van der Waals surface area contributed by atoms with E-state index in [1.54, 1.807) is 24.3 Å². The van der Waals surface area contributed by atoms with Crippen molar-refractivity contribution in [3.05, 3.63) is 89.2 Å². The number of halogens is 7. The smallest absolute Gasteiger partial charge is 0.406 e. The van der Waals surface area contributed by atoms with E-state index >= 15 is 0 Å². The first kappa shape index (κ1) is 33.2. The summed E-state index contributed by atoms with van der Waals surface area (Å²) < 4.78 is 83.5. The molecule has 1 aromatic heterocycles. The fraction of sp³-hybridized carbons (Fsp3) is 0.179. The van der Waals surface area contributed by atoms with Gasteiger partial charge in [-0.2, -0.15) is 18.2 Å². The Morgan fingerprint density at radius 1 is 1.07 bits per heavy atom. The second-order valence-corrected chi connectivity index (χ2v) is 11.3. The van der Waals surface area contributed by atoms with Crippen molar-refractivity contribution in [1.29, 1.82) is 0 Å². The van der Waals surface area contributed by atoms with Crippen molar-refractivity contribution in [2.45, 2.75) is 25.5 Å². The number of benzene rings is 3. The van der Waals surface area contributed by atoms with Gasteiger partial charge in [-0.3, -0.25) is 15.1 Å². The van der Waals surface area contributed by atoms with Crippen LogP contribution in [0.1, 0.15) is 24.1 Å². The van der Waals surface area contributed by atoms with Crippen LogP contribution in [0, 0.1) is 0 Å². The molecule has 9 nitrogen and oxygen atoms in total. The first-order valence-electron chi connectivity index (χ1n) is 13.0. The van der Waals surface area contributed by atoms with Crippen molar-refractivity contribution in [2.24, 2.45) is 4.99 Å². The minimum absolute atomic E-state index is 0.0199. The van der Waals surface area contributed by atoms with Gasteiger partial charge < -0.3 is 4.74 Å². The molecule has 1 amide bonds. The summed E-state index contributed by atoms with van der Waals surface area (Å²) in [5, 5.41) is 4.25. The third-order valence-electron chi connectivity index (χ3n) is 6.36. The lowest BCUT2D eigenvalue weighted by Gasteiger charge is -2.21. The number of aliphatic imine (C=N–C) groups is 1. The Morgan fingerprint density at radius 2 is 1.76 bits per heavy atom. The molecule has 1 saturated heterocycles. The fourth-order valence-corrected chi connectivity index (χ4v) is 5.46. The van der Waals surface area contributed by atoms with Gasteiger partial charge in [0.1, 0.15) is 12.1 Å². The zero-order valence-electron chi connectivity index (χ0n) is 23.2. The minimum Gasteiger partial charge on any atom is -0.406 e. The number of nitrogens with one attached hydrogen (secondary N) is 2. The second kappa shape index (κ2) is 13.3. The summed E-state index contributed by atoms with van der Waals surface area (Å²) in [6.07, 6.45) is -8.10. The molecule has 5 rings (SSSR count). The maximum absolute atomic E-state index is 13.7. The van der Waals surface area contributed by atoms with Crippen molar-refractivity contribution in [3.8, 4) is 22.8 Å². The molecule has 4 aromatic rings. The molecule has 2 N–H and O–H groups in total. The van der Waals surface area contributed by atoms with Gasteiger partial charge in [0.15, 0.2) is 11.0 Å². The van der Waals surface area contributed by atoms with Crippen LogP contribution in [0.5, 0.6) is 5.75 Å². The zero-order valence-corrected chi connectivity index (χ0v) is 25.6. The molecule has 2 heterocycles. The lowest BCUT2D eigenvalue weighted by atomic mass is 10.1. The number of alkyl halides is 6. The van der Waals surface area contributed by atoms with Crippen LogP contribution in [0.2, 0.25) is 5.02 Å².